The van der Waals surface area contributed by atoms with E-state index in [0.29, 0.717) is 11.6 Å². The van der Waals surface area contributed by atoms with E-state index in [2.05, 4.69) is 43.4 Å². The maximum atomic E-state index is 11.8. The SMILES string of the molecule is C=CC(=O)NC1CCC[C@@H](N(C)c2cnc(C(N)=O)c(Nc3cc(C)ns3)n2)[C@H]1C. The van der Waals surface area contributed by atoms with Gasteiger partial charge in [0.1, 0.15) is 10.8 Å². The molecule has 0 bridgehead atoms. The summed E-state index contributed by atoms with van der Waals surface area (Å²) in [5.41, 5.74) is 6.43. The van der Waals surface area contributed by atoms with Crippen molar-refractivity contribution in [2.75, 3.05) is 17.3 Å². The number of nitrogens with two attached hydrogens (primary N) is 1. The number of nitrogens with one attached hydrogen (secondary N) is 2. The van der Waals surface area contributed by atoms with Crippen LogP contribution in [0.4, 0.5) is 16.6 Å². The van der Waals surface area contributed by atoms with E-state index in [1.54, 1.807) is 6.20 Å². The number of amides is 2. The number of anilines is 3. The molecule has 4 N–H and O–H groups in total. The summed E-state index contributed by atoms with van der Waals surface area (Å²) in [7, 11) is 1.95. The third kappa shape index (κ3) is 4.76. The second-order valence-electron chi connectivity index (χ2n) is 7.53. The highest BCUT2D eigenvalue weighted by Crippen LogP contribution is 2.31. The molecule has 2 aromatic rings. The average molecular weight is 430 g/mol. The first-order valence-corrected chi connectivity index (χ1v) is 10.6. The van der Waals surface area contributed by atoms with Gasteiger partial charge in [0.2, 0.25) is 5.91 Å². The van der Waals surface area contributed by atoms with Crippen molar-refractivity contribution in [2.45, 2.75) is 45.2 Å². The standard InChI is InChI=1S/C20H27N7O2S/c1-5-16(28)23-13-7-6-8-14(12(13)3)27(4)15-10-22-18(19(21)29)20(24-15)25-17-9-11(2)26-30-17/h5,9-10,12-14H,1,6-8H2,2-4H3,(H2,21,29)(H,23,28)(H,24,25)/t12-,13?,14+/m0/s1. The molecule has 3 atom stereocenters. The first-order chi connectivity index (χ1) is 14.3. The van der Waals surface area contributed by atoms with E-state index in [9.17, 15) is 9.59 Å². The third-order valence-corrected chi connectivity index (χ3v) is 6.29. The quantitative estimate of drug-likeness (QED) is 0.577. The van der Waals surface area contributed by atoms with Crippen LogP contribution in [0.1, 0.15) is 42.4 Å². The maximum Gasteiger partial charge on any atom is 0.271 e. The molecule has 0 aliphatic heterocycles. The lowest BCUT2D eigenvalue weighted by Gasteiger charge is -2.41. The number of carbonyl (C=O) groups excluding carboxylic acids is 2. The largest absolute Gasteiger partial charge is 0.364 e. The van der Waals surface area contributed by atoms with Crippen LogP contribution in [0.2, 0.25) is 0 Å². The molecule has 2 amide bonds. The number of hydrogen-bond donors (Lipinski definition) is 3. The fraction of sp³-hybridized carbons (Fsp3) is 0.450. The highest BCUT2D eigenvalue weighted by atomic mass is 32.1. The maximum absolute atomic E-state index is 11.8. The van der Waals surface area contributed by atoms with Gasteiger partial charge in [0, 0.05) is 19.1 Å². The molecule has 160 valence electrons. The van der Waals surface area contributed by atoms with E-state index in [1.165, 1.54) is 17.6 Å². The van der Waals surface area contributed by atoms with E-state index in [1.807, 2.05) is 20.0 Å². The van der Waals surface area contributed by atoms with Crippen LogP contribution in [0.3, 0.4) is 0 Å². The highest BCUT2D eigenvalue weighted by Gasteiger charge is 2.34. The van der Waals surface area contributed by atoms with E-state index < -0.39 is 5.91 Å². The molecule has 30 heavy (non-hydrogen) atoms. The number of aryl methyl sites for hydroxylation is 1. The second-order valence-corrected chi connectivity index (χ2v) is 8.34. The van der Waals surface area contributed by atoms with Gasteiger partial charge >= 0.3 is 0 Å². The van der Waals surface area contributed by atoms with Crippen molar-refractivity contribution in [1.29, 1.82) is 0 Å². The van der Waals surface area contributed by atoms with E-state index in [4.69, 9.17) is 5.73 Å². The molecule has 10 heteroatoms. The Bertz CT molecular complexity index is 945. The van der Waals surface area contributed by atoms with Gasteiger partial charge in [-0.2, -0.15) is 4.37 Å². The van der Waals surface area contributed by atoms with Crippen LogP contribution in [0.5, 0.6) is 0 Å². The Morgan fingerprint density at radius 2 is 2.17 bits per heavy atom. The normalized spacial score (nSPS) is 21.0. The minimum Gasteiger partial charge on any atom is -0.364 e. The van der Waals surface area contributed by atoms with Crippen LogP contribution in [-0.2, 0) is 4.79 Å². The molecule has 9 nitrogen and oxygen atoms in total. The molecular formula is C20H27N7O2S. The summed E-state index contributed by atoms with van der Waals surface area (Å²) < 4.78 is 4.23. The number of nitrogens with zero attached hydrogens (tertiary/aromatic N) is 4. The van der Waals surface area contributed by atoms with Crippen molar-refractivity contribution in [2.24, 2.45) is 11.7 Å². The van der Waals surface area contributed by atoms with Gasteiger partial charge in [-0.25, -0.2) is 9.97 Å². The zero-order chi connectivity index (χ0) is 21.8. The van der Waals surface area contributed by atoms with Gasteiger partial charge in [-0.05, 0) is 55.8 Å². The topological polar surface area (TPSA) is 126 Å². The van der Waals surface area contributed by atoms with Crippen molar-refractivity contribution in [3.8, 4) is 0 Å². The number of carbonyl (C=O) groups is 2. The van der Waals surface area contributed by atoms with Gasteiger partial charge in [0.05, 0.1) is 11.9 Å². The summed E-state index contributed by atoms with van der Waals surface area (Å²) in [6, 6.07) is 2.08. The van der Waals surface area contributed by atoms with E-state index in [-0.39, 0.29) is 29.6 Å². The number of hydrogen-bond acceptors (Lipinski definition) is 8. The van der Waals surface area contributed by atoms with E-state index in [0.717, 1.165) is 30.0 Å². The van der Waals surface area contributed by atoms with Gasteiger partial charge in [-0.15, -0.1) is 0 Å². The first kappa shape index (κ1) is 21.7. The fourth-order valence-corrected chi connectivity index (χ4v) is 4.52. The lowest BCUT2D eigenvalue weighted by atomic mass is 9.81. The van der Waals surface area contributed by atoms with Crippen molar-refractivity contribution in [1.82, 2.24) is 19.7 Å². The zero-order valence-corrected chi connectivity index (χ0v) is 18.2. The summed E-state index contributed by atoms with van der Waals surface area (Å²) in [6.07, 6.45) is 5.73. The second kappa shape index (κ2) is 9.21. The minimum absolute atomic E-state index is 0.0623. The third-order valence-electron chi connectivity index (χ3n) is 5.49. The molecule has 0 saturated heterocycles. The van der Waals surface area contributed by atoms with Gasteiger partial charge in [0.15, 0.2) is 11.5 Å². The lowest BCUT2D eigenvalue weighted by Crippen LogP contribution is -2.51. The predicted molar refractivity (Wildman–Crippen MR) is 118 cm³/mol. The number of aromatic nitrogens is 3. The molecule has 1 unspecified atom stereocenters. The van der Waals surface area contributed by atoms with Crippen LogP contribution in [0.15, 0.2) is 24.9 Å². The predicted octanol–water partition coefficient (Wildman–Crippen LogP) is 2.38. The molecule has 1 fully saturated rings. The Morgan fingerprint density at radius 1 is 1.40 bits per heavy atom. The summed E-state index contributed by atoms with van der Waals surface area (Å²) in [6.45, 7) is 7.54. The van der Waals surface area contributed by atoms with Gasteiger partial charge < -0.3 is 21.3 Å². The van der Waals surface area contributed by atoms with Crippen molar-refractivity contribution in [3.05, 3.63) is 36.3 Å². The molecule has 1 aliphatic carbocycles. The lowest BCUT2D eigenvalue weighted by molar-refractivity contribution is -0.117. The number of rotatable bonds is 7. The van der Waals surface area contributed by atoms with Crippen LogP contribution in [-0.4, -0.2) is 45.3 Å². The Labute approximate surface area is 180 Å². The molecule has 2 aromatic heterocycles. The Morgan fingerprint density at radius 3 is 2.80 bits per heavy atom. The average Bonchev–Trinajstić information content (AvgIpc) is 3.13. The Balaban J connectivity index is 1.85. The van der Waals surface area contributed by atoms with Crippen molar-refractivity contribution >= 4 is 40.0 Å². The molecule has 0 aromatic carbocycles. The summed E-state index contributed by atoms with van der Waals surface area (Å²) >= 11 is 1.27. The summed E-state index contributed by atoms with van der Waals surface area (Å²) in [5.74, 6) is 0.309. The molecule has 0 radical (unpaired) electrons. The number of primary amides is 1. The van der Waals surface area contributed by atoms with Crippen molar-refractivity contribution in [3.63, 3.8) is 0 Å². The summed E-state index contributed by atoms with van der Waals surface area (Å²) in [4.78, 5) is 34.6. The van der Waals surface area contributed by atoms with Gasteiger partial charge in [-0.3, -0.25) is 9.59 Å². The van der Waals surface area contributed by atoms with Gasteiger partial charge in [-0.1, -0.05) is 13.5 Å². The van der Waals surface area contributed by atoms with Crippen LogP contribution < -0.4 is 21.3 Å². The molecular weight excluding hydrogens is 402 g/mol. The Hall–Kier alpha value is -3.01. The van der Waals surface area contributed by atoms with Crippen molar-refractivity contribution < 1.29 is 9.59 Å². The highest BCUT2D eigenvalue weighted by molar-refractivity contribution is 7.10. The first-order valence-electron chi connectivity index (χ1n) is 9.83. The molecule has 1 aliphatic rings. The van der Waals surface area contributed by atoms with E-state index >= 15 is 0 Å². The molecule has 1 saturated carbocycles. The van der Waals surface area contributed by atoms with Crippen LogP contribution >= 0.6 is 11.5 Å². The molecule has 3 rings (SSSR count). The Kier molecular flexibility index (Phi) is 6.66. The van der Waals surface area contributed by atoms with Gasteiger partial charge in [0.25, 0.3) is 5.91 Å². The summed E-state index contributed by atoms with van der Waals surface area (Å²) in [5, 5.41) is 6.89. The minimum atomic E-state index is -0.654. The zero-order valence-electron chi connectivity index (χ0n) is 17.4. The molecule has 0 spiro atoms. The fourth-order valence-electron chi connectivity index (χ4n) is 3.86. The van der Waals surface area contributed by atoms with Crippen LogP contribution in [0.25, 0.3) is 0 Å². The smallest absolute Gasteiger partial charge is 0.271 e. The monoisotopic (exact) mass is 429 g/mol. The molecule has 2 heterocycles. The van der Waals surface area contributed by atoms with Crippen LogP contribution in [0, 0.1) is 12.8 Å².